The Labute approximate surface area is 266 Å². The van der Waals surface area contributed by atoms with Gasteiger partial charge in [-0.05, 0) is 52.5 Å². The second kappa shape index (κ2) is 15.8. The summed E-state index contributed by atoms with van der Waals surface area (Å²) in [5, 5.41) is 15.3. The monoisotopic (exact) mass is 605 g/mol. The molecule has 0 aliphatic heterocycles. The third-order valence-electron chi connectivity index (χ3n) is 7.97. The van der Waals surface area contributed by atoms with Gasteiger partial charge in [0.15, 0.2) is 0 Å². The molecule has 0 aliphatic carbocycles. The molecule has 0 bridgehead atoms. The van der Waals surface area contributed by atoms with Gasteiger partial charge in [-0.2, -0.15) is 0 Å². The molecule has 4 aromatic rings. The van der Waals surface area contributed by atoms with E-state index in [0.717, 1.165) is 34.2 Å². The van der Waals surface area contributed by atoms with Crippen molar-refractivity contribution in [2.75, 3.05) is 0 Å². The minimum atomic E-state index is -0.870. The fourth-order valence-corrected chi connectivity index (χ4v) is 5.45. The van der Waals surface area contributed by atoms with Crippen LogP contribution in [-0.4, -0.2) is 29.0 Å². The number of hydrogen-bond acceptors (Lipinski definition) is 4. The van der Waals surface area contributed by atoms with Gasteiger partial charge in [0.05, 0.1) is 6.04 Å². The molecule has 2 atom stereocenters. The fourth-order valence-electron chi connectivity index (χ4n) is 5.45. The van der Waals surface area contributed by atoms with Crippen LogP contribution in [0.4, 0.5) is 0 Å². The second-order valence-corrected chi connectivity index (χ2v) is 12.5. The Balaban J connectivity index is 1.45. The van der Waals surface area contributed by atoms with E-state index < -0.39 is 35.2 Å². The lowest BCUT2D eigenvalue weighted by Gasteiger charge is -2.33. The molecule has 0 saturated heterocycles. The molecule has 4 aromatic carbocycles. The smallest absolute Gasteiger partial charge is 0.244 e. The van der Waals surface area contributed by atoms with Crippen LogP contribution in [0, 0.1) is 11.3 Å². The molecule has 4 N–H and O–H groups in total. The summed E-state index contributed by atoms with van der Waals surface area (Å²) in [6, 6.07) is 36.6. The summed E-state index contributed by atoms with van der Waals surface area (Å²) < 4.78 is 0. The van der Waals surface area contributed by atoms with Crippen LogP contribution in [0.15, 0.2) is 115 Å². The number of hydrogen-bond donors (Lipinski definition) is 4. The Morgan fingerprint density at radius 2 is 1.18 bits per heavy atom. The lowest BCUT2D eigenvalue weighted by atomic mass is 9.84. The first-order valence-electron chi connectivity index (χ1n) is 15.4. The predicted octanol–water partition coefficient (Wildman–Crippen LogP) is 6.62. The highest BCUT2D eigenvalue weighted by Crippen LogP contribution is 2.26. The summed E-state index contributed by atoms with van der Waals surface area (Å²) in [6.07, 6.45) is 1.59. The Hall–Kier alpha value is -4.75. The first-order chi connectivity index (χ1) is 21.7. The first-order valence-corrected chi connectivity index (χ1v) is 15.4. The van der Waals surface area contributed by atoms with Crippen LogP contribution >= 0.6 is 0 Å². The molecule has 0 spiro atoms. The summed E-state index contributed by atoms with van der Waals surface area (Å²) in [5.41, 5.74) is 6.27. The van der Waals surface area contributed by atoms with E-state index >= 15 is 0 Å². The number of carbonyl (C=O) groups excluding carboxylic acids is 3. The average molecular weight is 606 g/mol. The quantitative estimate of drug-likeness (QED) is 0.101. The Morgan fingerprint density at radius 3 is 1.69 bits per heavy atom. The molecule has 0 saturated carbocycles. The molecule has 7 nitrogen and oxygen atoms in total. The van der Waals surface area contributed by atoms with Gasteiger partial charge in [0.2, 0.25) is 17.7 Å². The zero-order valence-electron chi connectivity index (χ0n) is 26.2. The highest BCUT2D eigenvalue weighted by atomic mass is 16.5. The van der Waals surface area contributed by atoms with Crippen molar-refractivity contribution in [2.45, 2.75) is 58.5 Å². The topological polar surface area (TPSA) is 108 Å². The fraction of sp³-hybridized carbons (Fsp3) is 0.289. The van der Waals surface area contributed by atoms with Crippen LogP contribution in [0.1, 0.15) is 62.8 Å². The van der Waals surface area contributed by atoms with Crippen molar-refractivity contribution in [3.05, 3.63) is 132 Å². The molecule has 7 heteroatoms. The van der Waals surface area contributed by atoms with Crippen molar-refractivity contribution in [1.29, 1.82) is 0 Å². The molecular weight excluding hydrogens is 562 g/mol. The van der Waals surface area contributed by atoms with E-state index in [9.17, 15) is 19.6 Å². The van der Waals surface area contributed by atoms with Crippen molar-refractivity contribution in [2.24, 2.45) is 11.3 Å². The van der Waals surface area contributed by atoms with Crippen molar-refractivity contribution < 1.29 is 19.6 Å². The van der Waals surface area contributed by atoms with Gasteiger partial charge < -0.3 is 10.6 Å². The standard InChI is InChI=1S/C38H43N3O4/c1-38(2,3)35(37(44)39-34(30-17-9-5-10-18-30)31-19-11-6-12-20-31)40-36(43)32(26-33(42)41-45)21-13-14-27-22-24-29(25-23-27)28-15-7-4-8-16-28/h4-12,15-20,22-25,32,34-35,45H,13-14,21,26H2,1-3H3,(H,39,44)(H,40,43)(H,41,42)/t32-,35-/m1/s1. The lowest BCUT2D eigenvalue weighted by Crippen LogP contribution is -2.55. The molecule has 0 heterocycles. The zero-order valence-corrected chi connectivity index (χ0v) is 26.2. The Bertz CT molecular complexity index is 1480. The van der Waals surface area contributed by atoms with Crippen molar-refractivity contribution >= 4 is 17.7 Å². The van der Waals surface area contributed by atoms with Gasteiger partial charge in [-0.1, -0.05) is 136 Å². The Morgan fingerprint density at radius 1 is 0.667 bits per heavy atom. The molecule has 0 aliphatic rings. The van der Waals surface area contributed by atoms with E-state index in [-0.39, 0.29) is 12.3 Å². The molecule has 0 unspecified atom stereocenters. The minimum absolute atomic E-state index is 0.190. The van der Waals surface area contributed by atoms with Gasteiger partial charge in [0.1, 0.15) is 6.04 Å². The van der Waals surface area contributed by atoms with Crippen LogP contribution < -0.4 is 16.1 Å². The number of nitrogens with one attached hydrogen (secondary N) is 3. The third-order valence-corrected chi connectivity index (χ3v) is 7.97. The van der Waals surface area contributed by atoms with Crippen LogP contribution in [0.5, 0.6) is 0 Å². The maximum absolute atomic E-state index is 13.9. The Kier molecular flexibility index (Phi) is 11.7. The maximum Gasteiger partial charge on any atom is 0.244 e. The van der Waals surface area contributed by atoms with Gasteiger partial charge in [-0.3, -0.25) is 19.6 Å². The molecule has 234 valence electrons. The molecule has 4 rings (SSSR count). The van der Waals surface area contributed by atoms with E-state index in [4.69, 9.17) is 0 Å². The van der Waals surface area contributed by atoms with Crippen LogP contribution in [0.2, 0.25) is 0 Å². The van der Waals surface area contributed by atoms with E-state index in [0.29, 0.717) is 12.8 Å². The largest absolute Gasteiger partial charge is 0.344 e. The third kappa shape index (κ3) is 9.62. The van der Waals surface area contributed by atoms with Crippen molar-refractivity contribution in [3.63, 3.8) is 0 Å². The second-order valence-electron chi connectivity index (χ2n) is 12.5. The normalized spacial score (nSPS) is 12.6. The van der Waals surface area contributed by atoms with Gasteiger partial charge in [0.25, 0.3) is 0 Å². The molecular formula is C38H43N3O4. The first kappa shape index (κ1) is 33.1. The van der Waals surface area contributed by atoms with Crippen LogP contribution in [0.25, 0.3) is 11.1 Å². The molecule has 0 aromatic heterocycles. The number of aryl methyl sites for hydroxylation is 1. The molecule has 3 amide bonds. The number of rotatable bonds is 13. The van der Waals surface area contributed by atoms with Gasteiger partial charge in [-0.25, -0.2) is 5.48 Å². The number of benzene rings is 4. The highest BCUT2D eigenvalue weighted by Gasteiger charge is 2.36. The summed E-state index contributed by atoms with van der Waals surface area (Å²) in [5.74, 6) is -2.09. The summed E-state index contributed by atoms with van der Waals surface area (Å²) in [7, 11) is 0. The lowest BCUT2D eigenvalue weighted by molar-refractivity contribution is -0.137. The average Bonchev–Trinajstić information content (AvgIpc) is 3.06. The van der Waals surface area contributed by atoms with Gasteiger partial charge in [-0.15, -0.1) is 0 Å². The maximum atomic E-state index is 13.9. The van der Waals surface area contributed by atoms with Crippen LogP contribution in [0.3, 0.4) is 0 Å². The van der Waals surface area contributed by atoms with Crippen molar-refractivity contribution in [1.82, 2.24) is 16.1 Å². The van der Waals surface area contributed by atoms with E-state index in [1.165, 1.54) is 0 Å². The van der Waals surface area contributed by atoms with E-state index in [1.54, 1.807) is 5.48 Å². The van der Waals surface area contributed by atoms with E-state index in [1.807, 2.05) is 99.6 Å². The van der Waals surface area contributed by atoms with E-state index in [2.05, 4.69) is 47.0 Å². The molecule has 45 heavy (non-hydrogen) atoms. The number of amides is 3. The van der Waals surface area contributed by atoms with Crippen LogP contribution in [-0.2, 0) is 20.8 Å². The molecule has 0 radical (unpaired) electrons. The zero-order chi connectivity index (χ0) is 32.2. The minimum Gasteiger partial charge on any atom is -0.344 e. The summed E-state index contributed by atoms with van der Waals surface area (Å²) in [4.78, 5) is 39.7. The van der Waals surface area contributed by atoms with Crippen molar-refractivity contribution in [3.8, 4) is 11.1 Å². The number of carbonyl (C=O) groups is 3. The highest BCUT2D eigenvalue weighted by molar-refractivity contribution is 5.91. The number of hydroxylamine groups is 1. The summed E-state index contributed by atoms with van der Waals surface area (Å²) >= 11 is 0. The van der Waals surface area contributed by atoms with Gasteiger partial charge in [0, 0.05) is 12.3 Å². The SMILES string of the molecule is CC(C)(C)[C@H](NC(=O)[C@H](CCCc1ccc(-c2ccccc2)cc1)CC(=O)NO)C(=O)NC(c1ccccc1)c1ccccc1. The summed E-state index contributed by atoms with van der Waals surface area (Å²) in [6.45, 7) is 5.68. The van der Waals surface area contributed by atoms with Gasteiger partial charge >= 0.3 is 0 Å². The predicted molar refractivity (Wildman–Crippen MR) is 177 cm³/mol. The molecule has 0 fully saturated rings.